The van der Waals surface area contributed by atoms with Crippen LogP contribution in [0.3, 0.4) is 0 Å². The van der Waals surface area contributed by atoms with Crippen molar-refractivity contribution in [2.24, 2.45) is 5.92 Å². The first kappa shape index (κ1) is 27.3. The number of carbonyl (C=O) groups is 1. The molecule has 1 N–H and O–H groups in total. The van der Waals surface area contributed by atoms with Gasteiger partial charge in [0.2, 0.25) is 0 Å². The number of benzene rings is 2. The standard InChI is InChI=1S/C26H28F6N2O3/c27-23-13-19(3-6-22(23)24(36)34-12-9-20(35)14-34)18-1-4-21(5-2-18)37-15-17-7-10-33(11-8-17)16-25(28,29)26(30,31)32/h1-6,13,17,20,35H,7-12,14-16H2. The highest BCUT2D eigenvalue weighted by Crippen LogP contribution is 2.36. The number of nitrogens with zero attached hydrogens (tertiary/aromatic N) is 2. The van der Waals surface area contributed by atoms with Gasteiger partial charge >= 0.3 is 12.1 Å². The minimum Gasteiger partial charge on any atom is -0.493 e. The largest absolute Gasteiger partial charge is 0.493 e. The fraction of sp³-hybridized carbons (Fsp3) is 0.500. The monoisotopic (exact) mass is 530 g/mol. The molecular formula is C26H28F6N2O3. The number of likely N-dealkylation sites (tertiary alicyclic amines) is 2. The molecule has 2 aliphatic heterocycles. The summed E-state index contributed by atoms with van der Waals surface area (Å²) in [5.74, 6) is -5.25. The predicted octanol–water partition coefficient (Wildman–Crippen LogP) is 4.99. The molecule has 2 aliphatic rings. The summed E-state index contributed by atoms with van der Waals surface area (Å²) >= 11 is 0. The van der Waals surface area contributed by atoms with Crippen molar-refractivity contribution in [1.82, 2.24) is 9.80 Å². The Morgan fingerprint density at radius 1 is 0.946 bits per heavy atom. The second-order valence-electron chi connectivity index (χ2n) is 9.65. The molecule has 0 aliphatic carbocycles. The molecule has 1 atom stereocenters. The van der Waals surface area contributed by atoms with Crippen LogP contribution >= 0.6 is 0 Å². The molecule has 2 heterocycles. The second kappa shape index (κ2) is 10.9. The third-order valence-corrected chi connectivity index (χ3v) is 6.87. The van der Waals surface area contributed by atoms with Crippen molar-refractivity contribution in [1.29, 1.82) is 0 Å². The van der Waals surface area contributed by atoms with Crippen LogP contribution < -0.4 is 4.74 Å². The number of halogens is 6. The van der Waals surface area contributed by atoms with E-state index >= 15 is 0 Å². The van der Waals surface area contributed by atoms with Gasteiger partial charge in [-0.2, -0.15) is 22.0 Å². The number of carbonyl (C=O) groups excluding carboxylic acids is 1. The van der Waals surface area contributed by atoms with E-state index in [2.05, 4.69) is 0 Å². The van der Waals surface area contributed by atoms with E-state index in [1.54, 1.807) is 30.3 Å². The summed E-state index contributed by atoms with van der Waals surface area (Å²) in [6.07, 6.45) is -4.77. The van der Waals surface area contributed by atoms with Gasteiger partial charge in [0.25, 0.3) is 5.91 Å². The number of alkyl halides is 5. The Balaban J connectivity index is 1.27. The highest BCUT2D eigenvalue weighted by molar-refractivity contribution is 5.95. The Labute approximate surface area is 210 Å². The molecule has 1 unspecified atom stereocenters. The maximum atomic E-state index is 14.7. The van der Waals surface area contributed by atoms with Gasteiger partial charge in [-0.3, -0.25) is 9.69 Å². The van der Waals surface area contributed by atoms with E-state index in [1.165, 1.54) is 17.0 Å². The van der Waals surface area contributed by atoms with Gasteiger partial charge in [-0.05, 0) is 73.7 Å². The Bertz CT molecular complexity index is 1080. The minimum absolute atomic E-state index is 0.0336. The normalized spacial score (nSPS) is 19.9. The summed E-state index contributed by atoms with van der Waals surface area (Å²) in [7, 11) is 0. The summed E-state index contributed by atoms with van der Waals surface area (Å²) < 4.78 is 84.2. The summed E-state index contributed by atoms with van der Waals surface area (Å²) in [4.78, 5) is 15.1. The quantitative estimate of drug-likeness (QED) is 0.513. The lowest BCUT2D eigenvalue weighted by Gasteiger charge is -2.34. The molecular weight excluding hydrogens is 502 g/mol. The number of hydrogen-bond acceptors (Lipinski definition) is 4. The molecule has 2 fully saturated rings. The van der Waals surface area contributed by atoms with E-state index in [9.17, 15) is 36.2 Å². The lowest BCUT2D eigenvalue weighted by molar-refractivity contribution is -0.287. The van der Waals surface area contributed by atoms with Crippen molar-refractivity contribution in [3.8, 4) is 16.9 Å². The number of aliphatic hydroxyl groups excluding tert-OH is 1. The number of piperidine rings is 1. The number of ether oxygens (including phenoxy) is 1. The topological polar surface area (TPSA) is 53.0 Å². The Kier molecular flexibility index (Phi) is 8.03. The van der Waals surface area contributed by atoms with Crippen molar-refractivity contribution in [2.45, 2.75) is 37.5 Å². The van der Waals surface area contributed by atoms with Crippen LogP contribution in [0.1, 0.15) is 29.6 Å². The number of amides is 1. The van der Waals surface area contributed by atoms with Crippen molar-refractivity contribution in [3.63, 3.8) is 0 Å². The van der Waals surface area contributed by atoms with Crippen molar-refractivity contribution in [2.75, 3.05) is 39.3 Å². The van der Waals surface area contributed by atoms with Crippen LogP contribution in [0.15, 0.2) is 42.5 Å². The predicted molar refractivity (Wildman–Crippen MR) is 124 cm³/mol. The van der Waals surface area contributed by atoms with Crippen LogP contribution in [-0.2, 0) is 0 Å². The van der Waals surface area contributed by atoms with E-state index in [1.807, 2.05) is 0 Å². The minimum atomic E-state index is -5.55. The van der Waals surface area contributed by atoms with Gasteiger partial charge in [0.1, 0.15) is 11.6 Å². The molecule has 0 radical (unpaired) electrons. The molecule has 2 saturated heterocycles. The zero-order valence-electron chi connectivity index (χ0n) is 20.0. The Hall–Kier alpha value is -2.79. The smallest absolute Gasteiger partial charge is 0.454 e. The Morgan fingerprint density at radius 2 is 1.59 bits per heavy atom. The summed E-state index contributed by atoms with van der Waals surface area (Å²) in [5.41, 5.74) is 1.23. The molecule has 0 saturated carbocycles. The lowest BCUT2D eigenvalue weighted by atomic mass is 9.97. The average molecular weight is 531 g/mol. The third kappa shape index (κ3) is 6.56. The molecule has 0 spiro atoms. The maximum absolute atomic E-state index is 14.7. The van der Waals surface area contributed by atoms with Gasteiger partial charge < -0.3 is 14.7 Å². The fourth-order valence-corrected chi connectivity index (χ4v) is 4.60. The average Bonchev–Trinajstić information content (AvgIpc) is 3.29. The lowest BCUT2D eigenvalue weighted by Crippen LogP contribution is -2.49. The molecule has 202 valence electrons. The molecule has 37 heavy (non-hydrogen) atoms. The summed E-state index contributed by atoms with van der Waals surface area (Å²) in [6, 6.07) is 11.3. The van der Waals surface area contributed by atoms with E-state index < -0.39 is 36.5 Å². The van der Waals surface area contributed by atoms with E-state index in [-0.39, 0.29) is 31.1 Å². The number of rotatable bonds is 7. The third-order valence-electron chi connectivity index (χ3n) is 6.87. The summed E-state index contributed by atoms with van der Waals surface area (Å²) in [5, 5.41) is 9.61. The first-order valence-corrected chi connectivity index (χ1v) is 12.1. The molecule has 5 nitrogen and oxygen atoms in total. The molecule has 0 aromatic heterocycles. The zero-order chi connectivity index (χ0) is 26.8. The van der Waals surface area contributed by atoms with Gasteiger partial charge in [-0.15, -0.1) is 0 Å². The summed E-state index contributed by atoms with van der Waals surface area (Å²) in [6.45, 7) is -0.172. The number of aliphatic hydroxyl groups is 1. The number of hydrogen-bond donors (Lipinski definition) is 1. The van der Waals surface area contributed by atoms with Gasteiger partial charge in [0.05, 0.1) is 24.8 Å². The SMILES string of the molecule is O=C(c1ccc(-c2ccc(OCC3CCN(CC(F)(F)C(F)(F)F)CC3)cc2)cc1F)N1CCC(O)C1. The highest BCUT2D eigenvalue weighted by Gasteiger charge is 2.58. The van der Waals surface area contributed by atoms with Crippen LogP contribution in [0.25, 0.3) is 11.1 Å². The van der Waals surface area contributed by atoms with Gasteiger partial charge in [-0.1, -0.05) is 18.2 Å². The molecule has 2 aromatic carbocycles. The van der Waals surface area contributed by atoms with E-state index in [0.717, 1.165) is 4.90 Å². The zero-order valence-corrected chi connectivity index (χ0v) is 20.0. The van der Waals surface area contributed by atoms with Crippen molar-refractivity contribution in [3.05, 3.63) is 53.8 Å². The molecule has 0 bridgehead atoms. The van der Waals surface area contributed by atoms with Gasteiger partial charge in [-0.25, -0.2) is 4.39 Å². The van der Waals surface area contributed by atoms with Crippen LogP contribution in [-0.4, -0.2) is 78.3 Å². The van der Waals surface area contributed by atoms with Crippen LogP contribution in [0.4, 0.5) is 26.3 Å². The molecule has 11 heteroatoms. The van der Waals surface area contributed by atoms with E-state index in [0.29, 0.717) is 49.3 Å². The molecule has 4 rings (SSSR count). The van der Waals surface area contributed by atoms with E-state index in [4.69, 9.17) is 4.74 Å². The van der Waals surface area contributed by atoms with Gasteiger partial charge in [0.15, 0.2) is 0 Å². The highest BCUT2D eigenvalue weighted by atomic mass is 19.4. The molecule has 1 amide bonds. The van der Waals surface area contributed by atoms with Crippen molar-refractivity contribution < 1.29 is 41.0 Å². The first-order chi connectivity index (χ1) is 17.4. The maximum Gasteiger partial charge on any atom is 0.454 e. The first-order valence-electron chi connectivity index (χ1n) is 12.1. The Morgan fingerprint density at radius 3 is 2.16 bits per heavy atom. The van der Waals surface area contributed by atoms with Crippen LogP contribution in [0, 0.1) is 11.7 Å². The van der Waals surface area contributed by atoms with Gasteiger partial charge in [0, 0.05) is 13.1 Å². The van der Waals surface area contributed by atoms with Crippen LogP contribution in [0.5, 0.6) is 5.75 Å². The number of β-amino-alcohol motifs (C(OH)–C–C–N with tert-alkyl or cyclic N) is 1. The second-order valence-corrected chi connectivity index (χ2v) is 9.65. The van der Waals surface area contributed by atoms with Crippen molar-refractivity contribution >= 4 is 5.91 Å². The van der Waals surface area contributed by atoms with Crippen LogP contribution in [0.2, 0.25) is 0 Å². The fourth-order valence-electron chi connectivity index (χ4n) is 4.60. The molecule has 2 aromatic rings.